The average molecular weight is 413 g/mol. The fourth-order valence-electron chi connectivity index (χ4n) is 2.66. The summed E-state index contributed by atoms with van der Waals surface area (Å²) in [5.74, 6) is 2.66. The molecule has 30 heavy (non-hydrogen) atoms. The second-order valence-electron chi connectivity index (χ2n) is 6.23. The highest BCUT2D eigenvalue weighted by atomic mass is 16.5. The molecule has 0 bridgehead atoms. The van der Waals surface area contributed by atoms with Gasteiger partial charge in [-0.05, 0) is 31.2 Å². The van der Waals surface area contributed by atoms with Gasteiger partial charge in [-0.25, -0.2) is 0 Å². The Kier molecular flexibility index (Phi) is 6.74. The molecule has 1 amide bonds. The predicted molar refractivity (Wildman–Crippen MR) is 108 cm³/mol. The molecule has 158 valence electrons. The van der Waals surface area contributed by atoms with Crippen molar-refractivity contribution in [3.63, 3.8) is 0 Å². The molecule has 1 aromatic heterocycles. The molecular weight excluding hydrogens is 390 g/mol. The first-order valence-electron chi connectivity index (χ1n) is 9.17. The molecule has 0 aliphatic rings. The Morgan fingerprint density at radius 2 is 1.77 bits per heavy atom. The molecule has 0 radical (unpaired) electrons. The highest BCUT2D eigenvalue weighted by molar-refractivity contribution is 5.80. The first-order valence-corrected chi connectivity index (χ1v) is 9.17. The van der Waals surface area contributed by atoms with E-state index in [1.807, 2.05) is 0 Å². The highest BCUT2D eigenvalue weighted by Gasteiger charge is 2.18. The number of amides is 1. The lowest BCUT2D eigenvalue weighted by atomic mass is 10.2. The van der Waals surface area contributed by atoms with Crippen molar-refractivity contribution in [1.82, 2.24) is 15.5 Å². The van der Waals surface area contributed by atoms with Crippen LogP contribution < -0.4 is 24.3 Å². The second kappa shape index (κ2) is 9.64. The van der Waals surface area contributed by atoms with Gasteiger partial charge >= 0.3 is 0 Å². The molecule has 1 atom stereocenters. The third kappa shape index (κ3) is 4.99. The molecule has 3 aromatic rings. The summed E-state index contributed by atoms with van der Waals surface area (Å²) in [6.07, 6.45) is -0.721. The third-order valence-electron chi connectivity index (χ3n) is 4.25. The summed E-state index contributed by atoms with van der Waals surface area (Å²) >= 11 is 0. The summed E-state index contributed by atoms with van der Waals surface area (Å²) in [7, 11) is 4.68. The van der Waals surface area contributed by atoms with Gasteiger partial charge in [-0.2, -0.15) is 4.98 Å². The minimum absolute atomic E-state index is 0.0656. The van der Waals surface area contributed by atoms with Crippen LogP contribution in [0, 0.1) is 0 Å². The van der Waals surface area contributed by atoms with Crippen molar-refractivity contribution in [3.05, 3.63) is 48.4 Å². The predicted octanol–water partition coefficient (Wildman–Crippen LogP) is 2.85. The van der Waals surface area contributed by atoms with E-state index in [2.05, 4.69) is 15.5 Å². The van der Waals surface area contributed by atoms with Crippen molar-refractivity contribution in [1.29, 1.82) is 0 Å². The third-order valence-corrected chi connectivity index (χ3v) is 4.25. The summed E-state index contributed by atoms with van der Waals surface area (Å²) in [6.45, 7) is 1.71. The monoisotopic (exact) mass is 413 g/mol. The van der Waals surface area contributed by atoms with E-state index >= 15 is 0 Å². The zero-order valence-corrected chi connectivity index (χ0v) is 17.2. The van der Waals surface area contributed by atoms with Crippen LogP contribution in [0.4, 0.5) is 0 Å². The quantitative estimate of drug-likeness (QED) is 0.571. The van der Waals surface area contributed by atoms with Crippen LogP contribution >= 0.6 is 0 Å². The zero-order valence-electron chi connectivity index (χ0n) is 17.2. The van der Waals surface area contributed by atoms with Crippen LogP contribution in [0.1, 0.15) is 12.8 Å². The number of hydrogen-bond donors (Lipinski definition) is 1. The van der Waals surface area contributed by atoms with Gasteiger partial charge in [0.2, 0.25) is 11.7 Å². The minimum atomic E-state index is -0.721. The van der Waals surface area contributed by atoms with Crippen molar-refractivity contribution < 1.29 is 28.3 Å². The molecule has 0 fully saturated rings. The van der Waals surface area contributed by atoms with Crippen LogP contribution in [0.3, 0.4) is 0 Å². The van der Waals surface area contributed by atoms with Gasteiger partial charge in [0.1, 0.15) is 23.0 Å². The van der Waals surface area contributed by atoms with E-state index in [4.69, 9.17) is 23.5 Å². The Balaban J connectivity index is 1.60. The molecule has 9 heteroatoms. The largest absolute Gasteiger partial charge is 0.497 e. The molecule has 0 saturated heterocycles. The van der Waals surface area contributed by atoms with Gasteiger partial charge in [0.15, 0.2) is 6.10 Å². The Morgan fingerprint density at radius 1 is 1.03 bits per heavy atom. The summed E-state index contributed by atoms with van der Waals surface area (Å²) in [5.41, 5.74) is 0.648. The Labute approximate surface area is 173 Å². The first kappa shape index (κ1) is 21.0. The summed E-state index contributed by atoms with van der Waals surface area (Å²) in [4.78, 5) is 16.6. The zero-order chi connectivity index (χ0) is 21.5. The molecular formula is C21H23N3O6. The molecule has 0 saturated carbocycles. The molecule has 0 aliphatic carbocycles. The summed E-state index contributed by atoms with van der Waals surface area (Å²) in [6, 6.07) is 12.3. The van der Waals surface area contributed by atoms with Crippen LogP contribution in [0.15, 0.2) is 47.0 Å². The first-order chi connectivity index (χ1) is 14.5. The van der Waals surface area contributed by atoms with Gasteiger partial charge in [0, 0.05) is 12.1 Å². The molecule has 0 spiro atoms. The fourth-order valence-corrected chi connectivity index (χ4v) is 2.66. The number of carbonyl (C=O) groups is 1. The normalized spacial score (nSPS) is 11.5. The van der Waals surface area contributed by atoms with Crippen molar-refractivity contribution in [2.24, 2.45) is 0 Å². The number of ether oxygens (including phenoxy) is 4. The van der Waals surface area contributed by atoms with Crippen molar-refractivity contribution in [3.8, 4) is 34.4 Å². The lowest BCUT2D eigenvalue weighted by molar-refractivity contribution is -0.127. The van der Waals surface area contributed by atoms with E-state index in [0.717, 1.165) is 0 Å². The van der Waals surface area contributed by atoms with Gasteiger partial charge < -0.3 is 28.8 Å². The van der Waals surface area contributed by atoms with E-state index in [1.54, 1.807) is 70.7 Å². The molecule has 3 rings (SSSR count). The molecule has 0 aliphatic heterocycles. The fraction of sp³-hybridized carbons (Fsp3) is 0.286. The van der Waals surface area contributed by atoms with Crippen molar-refractivity contribution in [2.75, 3.05) is 21.3 Å². The van der Waals surface area contributed by atoms with Crippen LogP contribution in [-0.2, 0) is 11.3 Å². The second-order valence-corrected chi connectivity index (χ2v) is 6.23. The number of rotatable bonds is 9. The smallest absolute Gasteiger partial charge is 0.261 e. The van der Waals surface area contributed by atoms with Gasteiger partial charge in [0.25, 0.3) is 5.91 Å². The maximum atomic E-state index is 12.3. The number of hydrogen-bond acceptors (Lipinski definition) is 8. The molecule has 9 nitrogen and oxygen atoms in total. The number of methoxy groups -OCH3 is 3. The number of carbonyl (C=O) groups excluding carboxylic acids is 1. The minimum Gasteiger partial charge on any atom is -0.497 e. The SMILES string of the molecule is COc1cccc(O[C@@H](C)C(=O)NCc2nc(-c3ccc(OC)cc3OC)no2)c1. The average Bonchev–Trinajstić information content (AvgIpc) is 3.25. The van der Waals surface area contributed by atoms with Gasteiger partial charge in [-0.3, -0.25) is 4.79 Å². The van der Waals surface area contributed by atoms with Crippen LogP contribution in [0.2, 0.25) is 0 Å². The van der Waals surface area contributed by atoms with Crippen molar-refractivity contribution >= 4 is 5.91 Å². The molecule has 2 aromatic carbocycles. The van der Waals surface area contributed by atoms with Crippen LogP contribution in [-0.4, -0.2) is 43.5 Å². The Hall–Kier alpha value is -3.75. The van der Waals surface area contributed by atoms with Crippen LogP contribution in [0.5, 0.6) is 23.0 Å². The maximum absolute atomic E-state index is 12.3. The number of aromatic nitrogens is 2. The van der Waals surface area contributed by atoms with E-state index in [9.17, 15) is 4.79 Å². The van der Waals surface area contributed by atoms with Crippen molar-refractivity contribution in [2.45, 2.75) is 19.6 Å². The van der Waals surface area contributed by atoms with Crippen LogP contribution in [0.25, 0.3) is 11.4 Å². The van der Waals surface area contributed by atoms with E-state index in [1.165, 1.54) is 0 Å². The molecule has 1 N–H and O–H groups in total. The molecule has 0 unspecified atom stereocenters. The number of benzene rings is 2. The Morgan fingerprint density at radius 3 is 2.50 bits per heavy atom. The van der Waals surface area contributed by atoms with E-state index < -0.39 is 6.10 Å². The Bertz CT molecular complexity index is 1000. The molecule has 1 heterocycles. The standard InChI is InChI=1S/C21H23N3O6/c1-13(29-16-7-5-6-14(10-16)26-2)21(25)22-12-19-23-20(24-30-19)17-9-8-15(27-3)11-18(17)28-4/h5-11,13H,12H2,1-4H3,(H,22,25)/t13-/m0/s1. The van der Waals surface area contributed by atoms with Gasteiger partial charge in [0.05, 0.1) is 33.4 Å². The lowest BCUT2D eigenvalue weighted by Gasteiger charge is -2.14. The number of nitrogens with one attached hydrogen (secondary N) is 1. The van der Waals surface area contributed by atoms with E-state index in [0.29, 0.717) is 34.4 Å². The van der Waals surface area contributed by atoms with Gasteiger partial charge in [-0.1, -0.05) is 11.2 Å². The highest BCUT2D eigenvalue weighted by Crippen LogP contribution is 2.31. The maximum Gasteiger partial charge on any atom is 0.261 e. The van der Waals surface area contributed by atoms with E-state index in [-0.39, 0.29) is 18.3 Å². The lowest BCUT2D eigenvalue weighted by Crippen LogP contribution is -2.36. The van der Waals surface area contributed by atoms with Gasteiger partial charge in [-0.15, -0.1) is 0 Å². The summed E-state index contributed by atoms with van der Waals surface area (Å²) in [5, 5.41) is 6.67. The summed E-state index contributed by atoms with van der Waals surface area (Å²) < 4.78 is 26.6. The topological polar surface area (TPSA) is 105 Å². The number of nitrogens with zero attached hydrogens (tertiary/aromatic N) is 2.